The molecule has 2 aromatic carbocycles. The number of carbonyl (C=O) groups is 2. The van der Waals surface area contributed by atoms with Crippen LogP contribution in [0.5, 0.6) is 0 Å². The van der Waals surface area contributed by atoms with Gasteiger partial charge in [0.05, 0.1) is 0 Å². The van der Waals surface area contributed by atoms with Gasteiger partial charge in [-0.15, -0.1) is 0 Å². The minimum absolute atomic E-state index is 0. The fraction of sp³-hybridized carbons (Fsp3) is 0.0667. The molecule has 3 amide bonds. The van der Waals surface area contributed by atoms with Gasteiger partial charge in [0.25, 0.3) is 5.91 Å². The average molecular weight is 360 g/mol. The van der Waals surface area contributed by atoms with E-state index in [9.17, 15) is 9.59 Å². The number of nitrogens with one attached hydrogen (secondary N) is 2. The summed E-state index contributed by atoms with van der Waals surface area (Å²) in [4.78, 5) is 23.9. The Labute approximate surface area is 132 Å². The van der Waals surface area contributed by atoms with Crippen molar-refractivity contribution in [1.29, 1.82) is 0 Å². The van der Waals surface area contributed by atoms with E-state index in [1.54, 1.807) is 0 Å². The molecule has 0 spiro atoms. The molecule has 2 N–H and O–H groups in total. The maximum Gasteiger partial charge on any atom is 1.00 e. The number of carbonyl (C=O) groups excluding carboxylic acids is 2. The van der Waals surface area contributed by atoms with Gasteiger partial charge in [0.15, 0.2) is 5.54 Å². The van der Waals surface area contributed by atoms with Crippen molar-refractivity contribution in [1.82, 2.24) is 10.6 Å². The number of imide groups is 1. The van der Waals surface area contributed by atoms with Crippen molar-refractivity contribution in [3.05, 3.63) is 71.8 Å². The van der Waals surface area contributed by atoms with Gasteiger partial charge < -0.3 is 5.32 Å². The molecule has 0 saturated carbocycles. The molecule has 3 rings (SSSR count). The van der Waals surface area contributed by atoms with Gasteiger partial charge in [0.1, 0.15) is 0 Å². The summed E-state index contributed by atoms with van der Waals surface area (Å²) in [6.07, 6.45) is 0. The molecule has 4 nitrogen and oxygen atoms in total. The molecule has 1 aliphatic rings. The predicted molar refractivity (Wildman–Crippen MR) is 70.3 cm³/mol. The fourth-order valence-corrected chi connectivity index (χ4v) is 2.40. The Bertz CT molecular complexity index is 589. The molecule has 1 fully saturated rings. The van der Waals surface area contributed by atoms with Crippen LogP contribution in [0.15, 0.2) is 60.7 Å². The average Bonchev–Trinajstić information content (AvgIpc) is 2.76. The van der Waals surface area contributed by atoms with E-state index in [0.717, 1.165) is 11.1 Å². The molecule has 0 unspecified atom stereocenters. The number of rotatable bonds is 2. The van der Waals surface area contributed by atoms with E-state index >= 15 is 0 Å². The molecule has 0 bridgehead atoms. The van der Waals surface area contributed by atoms with E-state index in [-0.39, 0.29) is 28.3 Å². The van der Waals surface area contributed by atoms with Crippen LogP contribution in [0.25, 0.3) is 0 Å². The second-order valence-corrected chi connectivity index (χ2v) is 4.39. The Balaban J connectivity index is 0.00000147. The van der Waals surface area contributed by atoms with Gasteiger partial charge in [0, 0.05) is 0 Å². The minimum Gasteiger partial charge on any atom is -0.316 e. The summed E-state index contributed by atoms with van der Waals surface area (Å²) in [5.41, 5.74) is 0.341. The number of hydrogen-bond donors (Lipinski definition) is 2. The summed E-state index contributed by atoms with van der Waals surface area (Å²) in [5, 5.41) is 5.07. The Morgan fingerprint density at radius 2 is 1.20 bits per heavy atom. The predicted octanol–water partition coefficient (Wildman–Crippen LogP) is 1.77. The monoisotopic (exact) mass is 359 g/mol. The molecule has 1 heterocycles. The Morgan fingerprint density at radius 1 is 0.750 bits per heavy atom. The van der Waals surface area contributed by atoms with Crippen LogP contribution in [0.4, 0.5) is 4.79 Å². The zero-order chi connectivity index (χ0) is 13.3. The summed E-state index contributed by atoms with van der Waals surface area (Å²) in [5.74, 6) is -0.352. The summed E-state index contributed by atoms with van der Waals surface area (Å²) >= 11 is 0. The normalized spacial score (nSPS) is 16.0. The van der Waals surface area contributed by atoms with Gasteiger partial charge in [0.2, 0.25) is 0 Å². The van der Waals surface area contributed by atoms with Crippen LogP contribution in [0.2, 0.25) is 0 Å². The standard InChI is InChI=1S/C15H12N2O2.Ag/c18-13-15(17-14(19)16-13,11-7-3-1-4-8-11)12-9-5-2-6-10-12;/h1-10H,(H2,16,17,18,19);/q;+1. The third-order valence-electron chi connectivity index (χ3n) is 3.28. The first kappa shape index (κ1) is 14.5. The van der Waals surface area contributed by atoms with Gasteiger partial charge >= 0.3 is 28.4 Å². The SMILES string of the molecule is O=C1NC(=O)C(c2ccccc2)(c2ccccc2)N1.[Ag+]. The Kier molecular flexibility index (Phi) is 4.09. The second-order valence-electron chi connectivity index (χ2n) is 4.39. The second kappa shape index (κ2) is 5.63. The van der Waals surface area contributed by atoms with Crippen molar-refractivity contribution >= 4 is 11.9 Å². The van der Waals surface area contributed by atoms with Gasteiger partial charge in [-0.3, -0.25) is 10.1 Å². The van der Waals surface area contributed by atoms with E-state index in [2.05, 4.69) is 10.6 Å². The molecule has 0 atom stereocenters. The first-order valence-electron chi connectivity index (χ1n) is 5.98. The van der Waals surface area contributed by atoms with Crippen molar-refractivity contribution in [3.8, 4) is 0 Å². The van der Waals surface area contributed by atoms with Crippen molar-refractivity contribution in [2.45, 2.75) is 5.54 Å². The van der Waals surface area contributed by atoms with E-state index < -0.39 is 11.6 Å². The van der Waals surface area contributed by atoms with E-state index in [0.29, 0.717) is 0 Å². The molecule has 0 aromatic heterocycles. The minimum atomic E-state index is -1.14. The summed E-state index contributed by atoms with van der Waals surface area (Å²) < 4.78 is 0. The first-order chi connectivity index (χ1) is 9.23. The first-order valence-corrected chi connectivity index (χ1v) is 5.98. The summed E-state index contributed by atoms with van der Waals surface area (Å²) in [7, 11) is 0. The molecule has 0 aliphatic carbocycles. The topological polar surface area (TPSA) is 58.2 Å². The quantitative estimate of drug-likeness (QED) is 0.634. The van der Waals surface area contributed by atoms with Gasteiger partial charge in [-0.2, -0.15) is 0 Å². The molecule has 1 saturated heterocycles. The maximum absolute atomic E-state index is 12.3. The molecule has 5 heteroatoms. The molecule has 0 radical (unpaired) electrons. The molecule has 2 aromatic rings. The number of hydrogen-bond acceptors (Lipinski definition) is 2. The molecule has 1 aliphatic heterocycles. The van der Waals surface area contributed by atoms with E-state index in [1.165, 1.54) is 0 Å². The Hall–Kier alpha value is -1.88. The van der Waals surface area contributed by atoms with E-state index in [4.69, 9.17) is 0 Å². The van der Waals surface area contributed by atoms with E-state index in [1.807, 2.05) is 60.7 Å². The zero-order valence-electron chi connectivity index (χ0n) is 10.4. The molecular formula is C15H12AgN2O2+. The number of amides is 3. The zero-order valence-corrected chi connectivity index (χ0v) is 11.9. The van der Waals surface area contributed by atoms with Crippen LogP contribution < -0.4 is 10.6 Å². The van der Waals surface area contributed by atoms with Gasteiger partial charge in [-0.05, 0) is 11.1 Å². The Morgan fingerprint density at radius 3 is 1.55 bits per heavy atom. The number of benzene rings is 2. The van der Waals surface area contributed by atoms with Crippen molar-refractivity contribution in [2.24, 2.45) is 0 Å². The molecule has 104 valence electrons. The summed E-state index contributed by atoms with van der Waals surface area (Å²) in [6, 6.07) is 18.0. The van der Waals surface area contributed by atoms with Crippen LogP contribution in [0.1, 0.15) is 11.1 Å². The smallest absolute Gasteiger partial charge is 0.316 e. The summed E-state index contributed by atoms with van der Waals surface area (Å²) in [6.45, 7) is 0. The van der Waals surface area contributed by atoms with Crippen molar-refractivity contribution in [3.63, 3.8) is 0 Å². The largest absolute Gasteiger partial charge is 1.00 e. The van der Waals surface area contributed by atoms with Crippen LogP contribution in [0, 0.1) is 0 Å². The number of urea groups is 1. The fourth-order valence-electron chi connectivity index (χ4n) is 2.40. The maximum atomic E-state index is 12.3. The molecular weight excluding hydrogens is 348 g/mol. The van der Waals surface area contributed by atoms with Crippen molar-refractivity contribution in [2.75, 3.05) is 0 Å². The van der Waals surface area contributed by atoms with Crippen LogP contribution >= 0.6 is 0 Å². The van der Waals surface area contributed by atoms with Crippen molar-refractivity contribution < 1.29 is 32.0 Å². The van der Waals surface area contributed by atoms with Crippen LogP contribution in [0.3, 0.4) is 0 Å². The molecule has 20 heavy (non-hydrogen) atoms. The third kappa shape index (κ3) is 2.18. The van der Waals surface area contributed by atoms with Gasteiger partial charge in [-0.25, -0.2) is 4.79 Å². The van der Waals surface area contributed by atoms with Crippen LogP contribution in [-0.4, -0.2) is 11.9 Å². The third-order valence-corrected chi connectivity index (χ3v) is 3.28. The van der Waals surface area contributed by atoms with Crippen LogP contribution in [-0.2, 0) is 32.7 Å². The van der Waals surface area contributed by atoms with Gasteiger partial charge in [-0.1, -0.05) is 60.7 Å².